The smallest absolute Gasteiger partial charge is 0.408 e. The Morgan fingerprint density at radius 1 is 0.741 bits per heavy atom. The number of aromatic nitrogens is 1. The minimum absolute atomic E-state index is 0.0492. The highest BCUT2D eigenvalue weighted by molar-refractivity contribution is 5.94. The molecule has 288 valence electrons. The third kappa shape index (κ3) is 13.3. The molecule has 54 heavy (non-hydrogen) atoms. The fourth-order valence-corrected chi connectivity index (χ4v) is 5.84. The van der Waals surface area contributed by atoms with Gasteiger partial charge < -0.3 is 41.4 Å². The van der Waals surface area contributed by atoms with Crippen molar-refractivity contribution >= 4 is 40.6 Å². The first-order valence-electron chi connectivity index (χ1n) is 18.3. The summed E-state index contributed by atoms with van der Waals surface area (Å²) in [6.07, 6.45) is 3.51. The number of fused-ring (bicyclic) bond motifs is 1. The SMILES string of the molecule is CCCC[C@H](NC(=O)[C@H](Cc1ccc(O)cc1)NC(=O)OC(C)(C)C)C(=O)NCC(=O)N[C@H](Cc1c[nH]c2ccccc12)C(=O)NCCc1ccccc1. The van der Waals surface area contributed by atoms with E-state index in [0.717, 1.165) is 28.5 Å². The Bertz CT molecular complexity index is 1850. The summed E-state index contributed by atoms with van der Waals surface area (Å²) in [6.45, 7) is 6.98. The molecule has 0 saturated heterocycles. The molecule has 0 saturated carbocycles. The molecule has 3 aromatic carbocycles. The van der Waals surface area contributed by atoms with Crippen LogP contribution in [0.25, 0.3) is 10.9 Å². The number of ether oxygens (including phenoxy) is 1. The van der Waals surface area contributed by atoms with Gasteiger partial charge in [0.25, 0.3) is 0 Å². The number of hydrogen-bond donors (Lipinski definition) is 7. The number of para-hydroxylation sites is 1. The van der Waals surface area contributed by atoms with Gasteiger partial charge in [-0.1, -0.05) is 80.4 Å². The largest absolute Gasteiger partial charge is 0.508 e. The molecule has 4 aromatic rings. The van der Waals surface area contributed by atoms with Crippen molar-refractivity contribution in [3.8, 4) is 5.75 Å². The molecule has 13 nitrogen and oxygen atoms in total. The Morgan fingerprint density at radius 2 is 1.41 bits per heavy atom. The molecular weight excluding hydrogens is 688 g/mol. The molecule has 0 aliphatic carbocycles. The molecule has 0 unspecified atom stereocenters. The van der Waals surface area contributed by atoms with E-state index in [0.29, 0.717) is 24.9 Å². The Hall–Kier alpha value is -5.85. The molecule has 7 N–H and O–H groups in total. The lowest BCUT2D eigenvalue weighted by Crippen LogP contribution is -2.56. The lowest BCUT2D eigenvalue weighted by molar-refractivity contribution is -0.132. The van der Waals surface area contributed by atoms with Gasteiger partial charge in [0.1, 0.15) is 29.5 Å². The standard InChI is InChI=1S/C41H52N6O7/c1-5-6-15-33(46-39(52)34(47-40(53)54-41(2,3)4)23-28-17-19-30(48)20-18-28)37(50)44-26-36(49)45-35(24-29-25-43-32-16-11-10-14-31(29)32)38(51)42-22-21-27-12-8-7-9-13-27/h7-14,16-20,25,33-35,43,48H,5-6,15,21-24,26H2,1-4H3,(H,42,51)(H,44,50)(H,45,49)(H,46,52)(H,47,53)/t33-,34-,35+/m0/s1. The number of carbonyl (C=O) groups is 5. The molecule has 1 heterocycles. The van der Waals surface area contributed by atoms with Gasteiger partial charge in [-0.05, 0) is 68.5 Å². The predicted octanol–water partition coefficient (Wildman–Crippen LogP) is 4.19. The van der Waals surface area contributed by atoms with E-state index in [4.69, 9.17) is 4.74 Å². The van der Waals surface area contributed by atoms with Crippen LogP contribution in [0.3, 0.4) is 0 Å². The maximum Gasteiger partial charge on any atom is 0.408 e. The number of benzene rings is 3. The maximum atomic E-state index is 13.6. The Labute approximate surface area is 316 Å². The first-order chi connectivity index (χ1) is 25.8. The summed E-state index contributed by atoms with van der Waals surface area (Å²) in [5.41, 5.74) is 2.66. The number of H-pyrrole nitrogens is 1. The monoisotopic (exact) mass is 740 g/mol. The number of phenolic OH excluding ortho intramolecular Hbond substituents is 1. The lowest BCUT2D eigenvalue weighted by atomic mass is 10.0. The summed E-state index contributed by atoms with van der Waals surface area (Å²) in [4.78, 5) is 69.8. The van der Waals surface area contributed by atoms with Gasteiger partial charge in [-0.3, -0.25) is 19.2 Å². The number of hydrogen-bond acceptors (Lipinski definition) is 7. The highest BCUT2D eigenvalue weighted by Crippen LogP contribution is 2.19. The predicted molar refractivity (Wildman–Crippen MR) is 207 cm³/mol. The summed E-state index contributed by atoms with van der Waals surface area (Å²) in [5.74, 6) is -2.10. The molecule has 13 heteroatoms. The molecule has 1 aromatic heterocycles. The van der Waals surface area contributed by atoms with Gasteiger partial charge in [0.2, 0.25) is 23.6 Å². The van der Waals surface area contributed by atoms with Crippen LogP contribution in [-0.4, -0.2) is 76.6 Å². The van der Waals surface area contributed by atoms with Crippen molar-refractivity contribution in [2.45, 2.75) is 89.9 Å². The van der Waals surface area contributed by atoms with Crippen LogP contribution in [0.2, 0.25) is 0 Å². The maximum absolute atomic E-state index is 13.6. The second kappa shape index (κ2) is 19.8. The average molecular weight is 741 g/mol. The van der Waals surface area contributed by atoms with Crippen LogP contribution in [0.15, 0.2) is 85.1 Å². The number of nitrogens with one attached hydrogen (secondary N) is 6. The van der Waals surface area contributed by atoms with Crippen molar-refractivity contribution in [3.63, 3.8) is 0 Å². The third-order valence-corrected chi connectivity index (χ3v) is 8.59. The number of phenols is 1. The molecule has 0 aliphatic rings. The van der Waals surface area contributed by atoms with E-state index in [1.807, 2.05) is 67.7 Å². The number of aromatic amines is 1. The zero-order valence-electron chi connectivity index (χ0n) is 31.4. The fourth-order valence-electron chi connectivity index (χ4n) is 5.84. The van der Waals surface area contributed by atoms with Gasteiger partial charge in [0.15, 0.2) is 0 Å². The lowest BCUT2D eigenvalue weighted by Gasteiger charge is -2.25. The van der Waals surface area contributed by atoms with E-state index in [9.17, 15) is 29.1 Å². The van der Waals surface area contributed by atoms with Crippen molar-refractivity contribution in [1.82, 2.24) is 31.6 Å². The molecule has 4 rings (SSSR count). The van der Waals surface area contributed by atoms with E-state index < -0.39 is 54.1 Å². The van der Waals surface area contributed by atoms with Gasteiger partial charge in [-0.15, -0.1) is 0 Å². The zero-order valence-corrected chi connectivity index (χ0v) is 31.4. The highest BCUT2D eigenvalue weighted by atomic mass is 16.6. The molecule has 5 amide bonds. The van der Waals surface area contributed by atoms with Crippen LogP contribution in [0.4, 0.5) is 4.79 Å². The molecule has 0 fully saturated rings. The average Bonchev–Trinajstić information content (AvgIpc) is 3.54. The summed E-state index contributed by atoms with van der Waals surface area (Å²) >= 11 is 0. The Kier molecular flexibility index (Phi) is 15.0. The van der Waals surface area contributed by atoms with E-state index in [2.05, 4.69) is 31.6 Å². The second-order valence-electron chi connectivity index (χ2n) is 14.2. The summed E-state index contributed by atoms with van der Waals surface area (Å²) in [7, 11) is 0. The van der Waals surface area contributed by atoms with Crippen LogP contribution >= 0.6 is 0 Å². The van der Waals surface area contributed by atoms with Gasteiger partial charge >= 0.3 is 6.09 Å². The minimum atomic E-state index is -1.12. The number of aromatic hydroxyl groups is 1. The van der Waals surface area contributed by atoms with Crippen LogP contribution in [0.1, 0.15) is 63.6 Å². The molecular formula is C41H52N6O7. The van der Waals surface area contributed by atoms with Crippen LogP contribution in [-0.2, 0) is 43.2 Å². The summed E-state index contributed by atoms with van der Waals surface area (Å²) < 4.78 is 5.38. The van der Waals surface area contributed by atoms with Gasteiger partial charge in [-0.2, -0.15) is 0 Å². The van der Waals surface area contributed by atoms with Crippen molar-refractivity contribution in [2.75, 3.05) is 13.1 Å². The Morgan fingerprint density at radius 3 is 2.11 bits per heavy atom. The van der Waals surface area contributed by atoms with E-state index >= 15 is 0 Å². The number of alkyl carbamates (subject to hydrolysis) is 1. The summed E-state index contributed by atoms with van der Waals surface area (Å²) in [5, 5.41) is 24.3. The molecule has 0 bridgehead atoms. The molecule has 0 spiro atoms. The molecule has 3 atom stereocenters. The number of amides is 5. The van der Waals surface area contributed by atoms with Crippen molar-refractivity contribution < 1.29 is 33.8 Å². The first kappa shape index (κ1) is 40.9. The van der Waals surface area contributed by atoms with Crippen LogP contribution in [0.5, 0.6) is 5.75 Å². The third-order valence-electron chi connectivity index (χ3n) is 8.59. The first-order valence-corrected chi connectivity index (χ1v) is 18.3. The summed E-state index contributed by atoms with van der Waals surface area (Å²) in [6, 6.07) is 20.6. The highest BCUT2D eigenvalue weighted by Gasteiger charge is 2.29. The number of carbonyl (C=O) groups excluding carboxylic acids is 5. The zero-order chi connectivity index (χ0) is 39.1. The van der Waals surface area contributed by atoms with Crippen LogP contribution < -0.4 is 26.6 Å². The topological polar surface area (TPSA) is 191 Å². The van der Waals surface area contributed by atoms with Gasteiger partial charge in [0.05, 0.1) is 6.54 Å². The van der Waals surface area contributed by atoms with Crippen molar-refractivity contribution in [3.05, 3.63) is 102 Å². The minimum Gasteiger partial charge on any atom is -0.508 e. The number of unbranched alkanes of at least 4 members (excludes halogenated alkanes) is 1. The van der Waals surface area contributed by atoms with E-state index in [1.54, 1.807) is 32.9 Å². The normalized spacial score (nSPS) is 12.9. The van der Waals surface area contributed by atoms with Gasteiger partial charge in [-0.25, -0.2) is 4.79 Å². The second-order valence-corrected chi connectivity index (χ2v) is 14.2. The van der Waals surface area contributed by atoms with Crippen LogP contribution in [0, 0.1) is 0 Å². The fraction of sp³-hybridized carbons (Fsp3) is 0.390. The van der Waals surface area contributed by atoms with E-state index in [-0.39, 0.29) is 30.9 Å². The molecule has 0 aliphatic heterocycles. The quantitative estimate of drug-likeness (QED) is 0.0796. The molecule has 0 radical (unpaired) electrons. The van der Waals surface area contributed by atoms with Crippen molar-refractivity contribution in [1.29, 1.82) is 0 Å². The Balaban J connectivity index is 1.42. The number of rotatable bonds is 18. The van der Waals surface area contributed by atoms with Gasteiger partial charge in [0, 0.05) is 36.5 Å². The van der Waals surface area contributed by atoms with E-state index in [1.165, 1.54) is 12.1 Å². The van der Waals surface area contributed by atoms with Crippen molar-refractivity contribution in [2.24, 2.45) is 0 Å².